The Kier molecular flexibility index (Phi) is 3.80. The monoisotopic (exact) mass is 286 g/mol. The third kappa shape index (κ3) is 2.79. The van der Waals surface area contributed by atoms with Gasteiger partial charge in [-0.05, 0) is 42.5 Å². The van der Waals surface area contributed by atoms with Crippen LogP contribution in [-0.2, 0) is 0 Å². The van der Waals surface area contributed by atoms with Gasteiger partial charge in [-0.3, -0.25) is 0 Å². The Bertz CT molecular complexity index is 832. The van der Waals surface area contributed by atoms with Crippen LogP contribution in [0.2, 0.25) is 0 Å². The highest BCUT2D eigenvalue weighted by Gasteiger charge is 2.05. The van der Waals surface area contributed by atoms with Gasteiger partial charge in [0.15, 0.2) is 5.82 Å². The first-order valence-electron chi connectivity index (χ1n) is 6.92. The fraction of sp³-hybridized carbons (Fsp3) is 0.0556. The molecule has 1 heterocycles. The van der Waals surface area contributed by atoms with E-state index in [0.29, 0.717) is 11.4 Å². The van der Waals surface area contributed by atoms with E-state index in [9.17, 15) is 0 Å². The second-order valence-corrected chi connectivity index (χ2v) is 4.79. The van der Waals surface area contributed by atoms with Crippen LogP contribution < -0.4 is 5.32 Å². The molecule has 0 aliphatic heterocycles. The van der Waals surface area contributed by atoms with E-state index in [4.69, 9.17) is 5.26 Å². The van der Waals surface area contributed by atoms with E-state index in [0.717, 1.165) is 22.5 Å². The Morgan fingerprint density at radius 3 is 2.55 bits per heavy atom. The van der Waals surface area contributed by atoms with Gasteiger partial charge in [0, 0.05) is 30.1 Å². The fourth-order valence-electron chi connectivity index (χ4n) is 2.19. The Labute approximate surface area is 129 Å². The summed E-state index contributed by atoms with van der Waals surface area (Å²) in [7, 11) is 1.88. The number of aromatic nitrogens is 2. The molecule has 1 aromatic heterocycles. The van der Waals surface area contributed by atoms with Crippen molar-refractivity contribution in [3.8, 4) is 28.7 Å². The van der Waals surface area contributed by atoms with Crippen LogP contribution in [0.3, 0.4) is 0 Å². The minimum atomic E-state index is 0.621. The van der Waals surface area contributed by atoms with E-state index in [1.54, 1.807) is 12.3 Å². The molecule has 0 spiro atoms. The summed E-state index contributed by atoms with van der Waals surface area (Å²) in [4.78, 5) is 8.94. The summed E-state index contributed by atoms with van der Waals surface area (Å²) in [6.07, 6.45) is 1.74. The zero-order chi connectivity index (χ0) is 15.4. The molecule has 0 atom stereocenters. The third-order valence-electron chi connectivity index (χ3n) is 3.37. The normalized spacial score (nSPS) is 10.0. The van der Waals surface area contributed by atoms with Crippen LogP contribution in [0.1, 0.15) is 5.56 Å². The number of hydrogen-bond donors (Lipinski definition) is 1. The molecule has 3 rings (SSSR count). The van der Waals surface area contributed by atoms with Crippen LogP contribution in [0.15, 0.2) is 60.8 Å². The Balaban J connectivity index is 2.00. The number of anilines is 1. The first-order chi connectivity index (χ1) is 10.8. The molecule has 0 aliphatic carbocycles. The SMILES string of the molecule is CNc1ccc(-c2nccc(-c3cccc(C#N)c3)n2)cc1. The second-order valence-electron chi connectivity index (χ2n) is 4.79. The Hall–Kier alpha value is -3.19. The van der Waals surface area contributed by atoms with Gasteiger partial charge in [0.2, 0.25) is 0 Å². The van der Waals surface area contributed by atoms with Crippen LogP contribution >= 0.6 is 0 Å². The minimum absolute atomic E-state index is 0.621. The zero-order valence-corrected chi connectivity index (χ0v) is 12.1. The molecule has 0 aliphatic rings. The zero-order valence-electron chi connectivity index (χ0n) is 12.1. The molecule has 0 fully saturated rings. The molecule has 0 radical (unpaired) electrons. The van der Waals surface area contributed by atoms with E-state index in [-0.39, 0.29) is 0 Å². The summed E-state index contributed by atoms with van der Waals surface area (Å²) in [6.45, 7) is 0. The standard InChI is InChI=1S/C18H14N4/c1-20-16-7-5-14(6-8-16)18-21-10-9-17(22-18)15-4-2-3-13(11-15)12-19/h2-11,20H,1H3. The molecule has 0 amide bonds. The van der Waals surface area contributed by atoms with Gasteiger partial charge in [-0.1, -0.05) is 12.1 Å². The highest BCUT2D eigenvalue weighted by atomic mass is 14.9. The number of nitrogens with one attached hydrogen (secondary N) is 1. The first-order valence-corrected chi connectivity index (χ1v) is 6.92. The summed E-state index contributed by atoms with van der Waals surface area (Å²) in [5.74, 6) is 0.669. The average molecular weight is 286 g/mol. The number of nitriles is 1. The maximum atomic E-state index is 9.00. The van der Waals surface area contributed by atoms with Gasteiger partial charge in [-0.25, -0.2) is 9.97 Å². The molecular weight excluding hydrogens is 272 g/mol. The number of benzene rings is 2. The minimum Gasteiger partial charge on any atom is -0.388 e. The lowest BCUT2D eigenvalue weighted by Gasteiger charge is -2.05. The third-order valence-corrected chi connectivity index (χ3v) is 3.37. The van der Waals surface area contributed by atoms with Crippen molar-refractivity contribution in [3.05, 3.63) is 66.4 Å². The lowest BCUT2D eigenvalue weighted by atomic mass is 10.1. The lowest BCUT2D eigenvalue weighted by Crippen LogP contribution is -1.93. The summed E-state index contributed by atoms with van der Waals surface area (Å²) in [5.41, 5.74) is 4.34. The molecule has 3 aromatic rings. The summed E-state index contributed by atoms with van der Waals surface area (Å²) >= 11 is 0. The van der Waals surface area contributed by atoms with Crippen LogP contribution in [0, 0.1) is 11.3 Å². The molecule has 2 aromatic carbocycles. The van der Waals surface area contributed by atoms with Crippen LogP contribution in [0.25, 0.3) is 22.6 Å². The van der Waals surface area contributed by atoms with E-state index in [2.05, 4.69) is 21.4 Å². The number of nitrogens with zero attached hydrogens (tertiary/aromatic N) is 3. The van der Waals surface area contributed by atoms with Gasteiger partial charge >= 0.3 is 0 Å². The van der Waals surface area contributed by atoms with E-state index in [1.807, 2.05) is 55.6 Å². The lowest BCUT2D eigenvalue weighted by molar-refractivity contribution is 1.18. The highest BCUT2D eigenvalue weighted by Crippen LogP contribution is 2.22. The van der Waals surface area contributed by atoms with E-state index >= 15 is 0 Å². The van der Waals surface area contributed by atoms with Crippen molar-refractivity contribution in [2.24, 2.45) is 0 Å². The summed E-state index contributed by atoms with van der Waals surface area (Å²) < 4.78 is 0. The van der Waals surface area contributed by atoms with Crippen LogP contribution in [0.5, 0.6) is 0 Å². The maximum Gasteiger partial charge on any atom is 0.159 e. The number of rotatable bonds is 3. The van der Waals surface area contributed by atoms with Crippen molar-refractivity contribution in [2.45, 2.75) is 0 Å². The smallest absolute Gasteiger partial charge is 0.159 e. The van der Waals surface area contributed by atoms with Crippen LogP contribution in [0.4, 0.5) is 5.69 Å². The Morgan fingerprint density at radius 1 is 1.00 bits per heavy atom. The van der Waals surface area contributed by atoms with Gasteiger partial charge in [-0.2, -0.15) is 5.26 Å². The molecule has 0 saturated carbocycles. The Morgan fingerprint density at radius 2 is 1.82 bits per heavy atom. The highest BCUT2D eigenvalue weighted by molar-refractivity contribution is 5.65. The molecule has 0 saturated heterocycles. The predicted octanol–water partition coefficient (Wildman–Crippen LogP) is 3.72. The van der Waals surface area contributed by atoms with Crippen molar-refractivity contribution >= 4 is 5.69 Å². The van der Waals surface area contributed by atoms with E-state index < -0.39 is 0 Å². The van der Waals surface area contributed by atoms with Crippen molar-refractivity contribution in [1.82, 2.24) is 9.97 Å². The van der Waals surface area contributed by atoms with Gasteiger partial charge in [-0.15, -0.1) is 0 Å². The van der Waals surface area contributed by atoms with Crippen molar-refractivity contribution in [2.75, 3.05) is 12.4 Å². The fourth-order valence-corrected chi connectivity index (χ4v) is 2.19. The molecule has 106 valence electrons. The number of hydrogen-bond acceptors (Lipinski definition) is 4. The predicted molar refractivity (Wildman–Crippen MR) is 87.2 cm³/mol. The molecule has 0 bridgehead atoms. The topological polar surface area (TPSA) is 61.6 Å². The van der Waals surface area contributed by atoms with Gasteiger partial charge in [0.1, 0.15) is 0 Å². The van der Waals surface area contributed by atoms with Gasteiger partial charge < -0.3 is 5.32 Å². The van der Waals surface area contributed by atoms with Crippen molar-refractivity contribution < 1.29 is 0 Å². The van der Waals surface area contributed by atoms with Crippen molar-refractivity contribution in [3.63, 3.8) is 0 Å². The quantitative estimate of drug-likeness (QED) is 0.797. The molecular formula is C18H14N4. The maximum absolute atomic E-state index is 9.00. The molecule has 0 unspecified atom stereocenters. The van der Waals surface area contributed by atoms with E-state index in [1.165, 1.54) is 0 Å². The van der Waals surface area contributed by atoms with Gasteiger partial charge in [0.25, 0.3) is 0 Å². The average Bonchev–Trinajstić information content (AvgIpc) is 2.62. The molecule has 22 heavy (non-hydrogen) atoms. The summed E-state index contributed by atoms with van der Waals surface area (Å²) in [5, 5.41) is 12.1. The first kappa shape index (κ1) is 13.8. The molecule has 1 N–H and O–H groups in total. The summed E-state index contributed by atoms with van der Waals surface area (Å²) in [6, 6.07) is 19.3. The molecule has 4 heteroatoms. The van der Waals surface area contributed by atoms with Crippen molar-refractivity contribution in [1.29, 1.82) is 5.26 Å². The van der Waals surface area contributed by atoms with Crippen LogP contribution in [-0.4, -0.2) is 17.0 Å². The molecule has 4 nitrogen and oxygen atoms in total. The second kappa shape index (κ2) is 6.06. The largest absolute Gasteiger partial charge is 0.388 e. The van der Waals surface area contributed by atoms with Gasteiger partial charge in [0.05, 0.1) is 17.3 Å².